The number of rotatable bonds is 2. The lowest BCUT2D eigenvalue weighted by Crippen LogP contribution is -1.93. The van der Waals surface area contributed by atoms with Gasteiger partial charge in [-0.2, -0.15) is 0 Å². The van der Waals surface area contributed by atoms with Crippen molar-refractivity contribution in [2.75, 3.05) is 0 Å². The number of alkyl halides is 1. The Labute approximate surface area is 116 Å². The maximum Gasteiger partial charge on any atom is 0.0645 e. The van der Waals surface area contributed by atoms with Crippen molar-refractivity contribution in [3.8, 4) is 0 Å². The van der Waals surface area contributed by atoms with Gasteiger partial charge in [-0.05, 0) is 42.7 Å². The third-order valence-electron chi connectivity index (χ3n) is 2.73. The lowest BCUT2D eigenvalue weighted by molar-refractivity contribution is 1.16. The molecule has 0 heterocycles. The van der Waals surface area contributed by atoms with Crippen molar-refractivity contribution in [3.63, 3.8) is 0 Å². The molecule has 2 aromatic carbocycles. The highest BCUT2D eigenvalue weighted by Gasteiger charge is 2.11. The molecule has 0 nitrogen and oxygen atoms in total. The maximum absolute atomic E-state index is 6.09. The van der Waals surface area contributed by atoms with E-state index in [1.807, 2.05) is 12.1 Å². The highest BCUT2D eigenvalue weighted by molar-refractivity contribution is 9.09. The molecule has 0 N–H and O–H groups in total. The second kappa shape index (κ2) is 5.24. The number of benzene rings is 2. The molecule has 0 fully saturated rings. The van der Waals surface area contributed by atoms with Crippen molar-refractivity contribution in [2.24, 2.45) is 0 Å². The molecular formula is C15H14BrCl. The molecule has 0 aliphatic heterocycles. The van der Waals surface area contributed by atoms with Gasteiger partial charge >= 0.3 is 0 Å². The van der Waals surface area contributed by atoms with Gasteiger partial charge in [0.15, 0.2) is 0 Å². The summed E-state index contributed by atoms with van der Waals surface area (Å²) in [6.07, 6.45) is 0. The van der Waals surface area contributed by atoms with Gasteiger partial charge in [0.2, 0.25) is 0 Å². The highest BCUT2D eigenvalue weighted by atomic mass is 79.9. The van der Waals surface area contributed by atoms with E-state index in [1.54, 1.807) is 0 Å². The van der Waals surface area contributed by atoms with Gasteiger partial charge in [0.05, 0.1) is 4.83 Å². The van der Waals surface area contributed by atoms with Crippen LogP contribution in [0.25, 0.3) is 0 Å². The highest BCUT2D eigenvalue weighted by Crippen LogP contribution is 2.32. The monoisotopic (exact) mass is 308 g/mol. The molecule has 0 saturated heterocycles. The fourth-order valence-corrected chi connectivity index (χ4v) is 2.71. The maximum atomic E-state index is 6.09. The van der Waals surface area contributed by atoms with Gasteiger partial charge in [-0.3, -0.25) is 0 Å². The van der Waals surface area contributed by atoms with Crippen LogP contribution in [0.1, 0.15) is 27.1 Å². The molecule has 0 saturated carbocycles. The number of hydrogen-bond acceptors (Lipinski definition) is 0. The van der Waals surface area contributed by atoms with Crippen LogP contribution < -0.4 is 0 Å². The number of aryl methyl sites for hydroxylation is 2. The average molecular weight is 310 g/mol. The minimum atomic E-state index is 0.195. The van der Waals surface area contributed by atoms with Crippen molar-refractivity contribution in [1.82, 2.24) is 0 Å². The quantitative estimate of drug-likeness (QED) is 0.648. The van der Waals surface area contributed by atoms with E-state index in [0.29, 0.717) is 0 Å². The molecule has 0 aromatic heterocycles. The van der Waals surface area contributed by atoms with Gasteiger partial charge in [-0.15, -0.1) is 0 Å². The first kappa shape index (κ1) is 12.7. The van der Waals surface area contributed by atoms with E-state index in [2.05, 4.69) is 60.1 Å². The third-order valence-corrected chi connectivity index (χ3v) is 4.00. The van der Waals surface area contributed by atoms with Crippen LogP contribution in [-0.4, -0.2) is 0 Å². The van der Waals surface area contributed by atoms with Gasteiger partial charge in [0.25, 0.3) is 0 Å². The van der Waals surface area contributed by atoms with Crippen LogP contribution in [0.5, 0.6) is 0 Å². The zero-order valence-electron chi connectivity index (χ0n) is 9.87. The van der Waals surface area contributed by atoms with Gasteiger partial charge in [0.1, 0.15) is 0 Å². The molecule has 0 amide bonds. The van der Waals surface area contributed by atoms with Crippen LogP contribution in [0, 0.1) is 13.8 Å². The van der Waals surface area contributed by atoms with E-state index in [4.69, 9.17) is 11.6 Å². The first-order chi connectivity index (χ1) is 8.06. The molecule has 0 bridgehead atoms. The van der Waals surface area contributed by atoms with Crippen LogP contribution in [0.15, 0.2) is 42.5 Å². The zero-order valence-corrected chi connectivity index (χ0v) is 12.2. The first-order valence-electron chi connectivity index (χ1n) is 5.54. The van der Waals surface area contributed by atoms with Crippen LogP contribution in [0.3, 0.4) is 0 Å². The third kappa shape index (κ3) is 3.11. The Bertz CT molecular complexity index is 497. The van der Waals surface area contributed by atoms with Crippen LogP contribution in [0.4, 0.5) is 0 Å². The van der Waals surface area contributed by atoms with Crippen molar-refractivity contribution < 1.29 is 0 Å². The summed E-state index contributed by atoms with van der Waals surface area (Å²) in [5, 5.41) is 0.788. The molecule has 0 aliphatic carbocycles. The van der Waals surface area contributed by atoms with Crippen molar-refractivity contribution in [2.45, 2.75) is 18.7 Å². The van der Waals surface area contributed by atoms with E-state index in [9.17, 15) is 0 Å². The van der Waals surface area contributed by atoms with Gasteiger partial charge < -0.3 is 0 Å². The number of halogens is 2. The summed E-state index contributed by atoms with van der Waals surface area (Å²) in [5.74, 6) is 0. The molecule has 0 spiro atoms. The lowest BCUT2D eigenvalue weighted by Gasteiger charge is -2.12. The van der Waals surface area contributed by atoms with E-state index in [0.717, 1.165) is 5.02 Å². The average Bonchev–Trinajstić information content (AvgIpc) is 2.28. The van der Waals surface area contributed by atoms with E-state index in [1.165, 1.54) is 22.3 Å². The summed E-state index contributed by atoms with van der Waals surface area (Å²) in [7, 11) is 0. The van der Waals surface area contributed by atoms with Crippen LogP contribution >= 0.6 is 27.5 Å². The molecular weight excluding hydrogens is 296 g/mol. The summed E-state index contributed by atoms with van der Waals surface area (Å²) in [6.45, 7) is 4.15. The molecule has 1 atom stereocenters. The fourth-order valence-electron chi connectivity index (χ4n) is 1.84. The molecule has 0 aliphatic rings. The SMILES string of the molecule is Cc1ccc(C(Br)c2cc(C)cc(Cl)c2)cc1. The molecule has 2 rings (SSSR count). The molecule has 88 valence electrons. The van der Waals surface area contributed by atoms with E-state index < -0.39 is 0 Å². The second-order valence-electron chi connectivity index (χ2n) is 4.34. The van der Waals surface area contributed by atoms with Crippen molar-refractivity contribution >= 4 is 27.5 Å². The van der Waals surface area contributed by atoms with E-state index in [-0.39, 0.29) is 4.83 Å². The normalized spacial score (nSPS) is 12.5. The van der Waals surface area contributed by atoms with Crippen LogP contribution in [0.2, 0.25) is 5.02 Å². The molecule has 2 aromatic rings. The van der Waals surface area contributed by atoms with Gasteiger partial charge in [-0.25, -0.2) is 0 Å². The van der Waals surface area contributed by atoms with Crippen molar-refractivity contribution in [3.05, 3.63) is 69.7 Å². The Kier molecular flexibility index (Phi) is 3.90. The standard InChI is InChI=1S/C15H14BrCl/c1-10-3-5-12(6-4-10)15(16)13-7-11(2)8-14(17)9-13/h3-9,15H,1-2H3. The summed E-state index contributed by atoms with van der Waals surface area (Å²) in [5.41, 5.74) is 4.90. The summed E-state index contributed by atoms with van der Waals surface area (Å²) >= 11 is 9.81. The largest absolute Gasteiger partial charge is 0.0843 e. The fraction of sp³-hybridized carbons (Fsp3) is 0.200. The van der Waals surface area contributed by atoms with E-state index >= 15 is 0 Å². The van der Waals surface area contributed by atoms with Crippen LogP contribution in [-0.2, 0) is 0 Å². The lowest BCUT2D eigenvalue weighted by atomic mass is 10.0. The zero-order chi connectivity index (χ0) is 12.4. The molecule has 0 radical (unpaired) electrons. The topological polar surface area (TPSA) is 0 Å². The first-order valence-corrected chi connectivity index (χ1v) is 6.83. The Morgan fingerprint density at radius 2 is 1.53 bits per heavy atom. The predicted molar refractivity (Wildman–Crippen MR) is 78.1 cm³/mol. The minimum Gasteiger partial charge on any atom is -0.0843 e. The Balaban J connectivity index is 2.36. The number of hydrogen-bond donors (Lipinski definition) is 0. The molecule has 2 heteroatoms. The summed E-state index contributed by atoms with van der Waals surface area (Å²) in [6, 6.07) is 14.7. The van der Waals surface area contributed by atoms with Gasteiger partial charge in [0, 0.05) is 5.02 Å². The Morgan fingerprint density at radius 1 is 0.882 bits per heavy atom. The summed E-state index contributed by atoms with van der Waals surface area (Å²) in [4.78, 5) is 0.195. The second-order valence-corrected chi connectivity index (χ2v) is 5.69. The molecule has 17 heavy (non-hydrogen) atoms. The minimum absolute atomic E-state index is 0.195. The Morgan fingerprint density at radius 3 is 2.12 bits per heavy atom. The summed E-state index contributed by atoms with van der Waals surface area (Å²) < 4.78 is 0. The predicted octanol–water partition coefficient (Wildman–Crippen LogP) is 5.44. The smallest absolute Gasteiger partial charge is 0.0645 e. The molecule has 1 unspecified atom stereocenters. The van der Waals surface area contributed by atoms with Gasteiger partial charge in [-0.1, -0.05) is 63.4 Å². The Hall–Kier alpha value is -0.790. The van der Waals surface area contributed by atoms with Crippen molar-refractivity contribution in [1.29, 1.82) is 0 Å².